The lowest BCUT2D eigenvalue weighted by molar-refractivity contribution is 0.137. The molecule has 0 fully saturated rings. The van der Waals surface area contributed by atoms with Crippen LogP contribution in [0, 0.1) is 0 Å². The zero-order valence-electron chi connectivity index (χ0n) is 13.1. The first-order chi connectivity index (χ1) is 10.1. The molecule has 1 aromatic carbocycles. The van der Waals surface area contributed by atoms with Gasteiger partial charge in [-0.3, -0.25) is 4.99 Å². The number of rotatable bonds is 7. The third-order valence-electron chi connectivity index (χ3n) is 3.89. The molecule has 1 aliphatic heterocycles. The number of aliphatic imine (C=N–C) groups is 1. The van der Waals surface area contributed by atoms with Gasteiger partial charge < -0.3 is 20.1 Å². The van der Waals surface area contributed by atoms with Gasteiger partial charge in [-0.25, -0.2) is 0 Å². The van der Waals surface area contributed by atoms with E-state index in [1.165, 1.54) is 5.56 Å². The van der Waals surface area contributed by atoms with Crippen molar-refractivity contribution in [3.8, 4) is 5.75 Å². The van der Waals surface area contributed by atoms with Crippen molar-refractivity contribution < 1.29 is 9.47 Å². The number of nitrogens with two attached hydrogens (primary N) is 1. The minimum absolute atomic E-state index is 0.216. The molecule has 1 aliphatic rings. The summed E-state index contributed by atoms with van der Waals surface area (Å²) in [6, 6.07) is 8.22. The Morgan fingerprint density at radius 1 is 1.29 bits per heavy atom. The van der Waals surface area contributed by atoms with Crippen molar-refractivity contribution >= 4 is 5.96 Å². The van der Waals surface area contributed by atoms with Gasteiger partial charge in [0, 0.05) is 13.7 Å². The lowest BCUT2D eigenvalue weighted by Gasteiger charge is -2.36. The fourth-order valence-electron chi connectivity index (χ4n) is 2.58. The zero-order chi connectivity index (χ0) is 15.3. The van der Waals surface area contributed by atoms with Crippen LogP contribution < -0.4 is 10.5 Å². The van der Waals surface area contributed by atoms with E-state index in [9.17, 15) is 0 Å². The maximum Gasteiger partial charge on any atom is 0.192 e. The minimum atomic E-state index is -0.216. The maximum absolute atomic E-state index is 6.02. The number of benzene rings is 1. The summed E-state index contributed by atoms with van der Waals surface area (Å²) < 4.78 is 10.8. The van der Waals surface area contributed by atoms with Crippen molar-refractivity contribution in [3.05, 3.63) is 29.8 Å². The quantitative estimate of drug-likeness (QED) is 0.834. The summed E-state index contributed by atoms with van der Waals surface area (Å²) >= 11 is 0. The molecule has 1 aromatic rings. The topological polar surface area (TPSA) is 60.1 Å². The Bertz CT molecular complexity index is 487. The molecule has 0 saturated heterocycles. The predicted octanol–water partition coefficient (Wildman–Crippen LogP) is 1.97. The molecule has 5 nitrogen and oxygen atoms in total. The molecule has 21 heavy (non-hydrogen) atoms. The maximum atomic E-state index is 6.02. The number of nitrogens with zero attached hydrogens (tertiary/aromatic N) is 2. The average Bonchev–Trinajstić information content (AvgIpc) is 2.80. The Balaban J connectivity index is 2.14. The van der Waals surface area contributed by atoms with E-state index in [0.29, 0.717) is 19.1 Å². The molecular weight excluding hydrogens is 266 g/mol. The highest BCUT2D eigenvalue weighted by Crippen LogP contribution is 2.33. The van der Waals surface area contributed by atoms with Gasteiger partial charge in [-0.15, -0.1) is 0 Å². The molecule has 1 heterocycles. The van der Waals surface area contributed by atoms with Crippen molar-refractivity contribution in [2.24, 2.45) is 10.7 Å². The Hall–Kier alpha value is -1.75. The van der Waals surface area contributed by atoms with Crippen molar-refractivity contribution in [1.82, 2.24) is 4.90 Å². The van der Waals surface area contributed by atoms with Crippen LogP contribution in [0.2, 0.25) is 0 Å². The molecule has 0 radical (unpaired) electrons. The summed E-state index contributed by atoms with van der Waals surface area (Å²) in [6.07, 6.45) is 1.01. The van der Waals surface area contributed by atoms with E-state index in [0.717, 1.165) is 25.3 Å². The zero-order valence-corrected chi connectivity index (χ0v) is 13.1. The van der Waals surface area contributed by atoms with Gasteiger partial charge in [-0.1, -0.05) is 19.1 Å². The van der Waals surface area contributed by atoms with Crippen LogP contribution in [0.5, 0.6) is 5.75 Å². The molecule has 2 rings (SSSR count). The second-order valence-corrected chi connectivity index (χ2v) is 5.47. The first kappa shape index (κ1) is 15.6. The molecule has 0 aliphatic carbocycles. The molecule has 2 N–H and O–H groups in total. The van der Waals surface area contributed by atoms with Crippen LogP contribution in [-0.4, -0.2) is 44.3 Å². The van der Waals surface area contributed by atoms with Crippen molar-refractivity contribution in [2.45, 2.75) is 25.8 Å². The smallest absolute Gasteiger partial charge is 0.192 e. The van der Waals surface area contributed by atoms with Gasteiger partial charge in [-0.2, -0.15) is 0 Å². The standard InChI is InChI=1S/C16H25N3O2/c1-4-10-21-14-7-5-13(6-8-14)16(2)12-18-15(17)19(16)9-11-20-3/h5-8H,4,9-12H2,1-3H3,(H2,17,18). The van der Waals surface area contributed by atoms with Gasteiger partial charge >= 0.3 is 0 Å². The first-order valence-electron chi connectivity index (χ1n) is 7.41. The van der Waals surface area contributed by atoms with E-state index in [4.69, 9.17) is 15.2 Å². The highest BCUT2D eigenvalue weighted by atomic mass is 16.5. The van der Waals surface area contributed by atoms with Gasteiger partial charge in [0.2, 0.25) is 0 Å². The molecule has 0 saturated carbocycles. The summed E-state index contributed by atoms with van der Waals surface area (Å²) in [6.45, 7) is 7.03. The van der Waals surface area contributed by atoms with Crippen LogP contribution in [0.4, 0.5) is 0 Å². The second-order valence-electron chi connectivity index (χ2n) is 5.47. The lowest BCUT2D eigenvalue weighted by atomic mass is 9.91. The normalized spacial score (nSPS) is 21.5. The number of hydrogen-bond acceptors (Lipinski definition) is 5. The molecule has 0 amide bonds. The predicted molar refractivity (Wildman–Crippen MR) is 84.7 cm³/mol. The summed E-state index contributed by atoms with van der Waals surface area (Å²) in [4.78, 5) is 6.52. The highest BCUT2D eigenvalue weighted by Gasteiger charge is 2.39. The molecular formula is C16H25N3O2. The van der Waals surface area contributed by atoms with Gasteiger partial charge in [0.05, 0.1) is 25.3 Å². The molecule has 116 valence electrons. The number of methoxy groups -OCH3 is 1. The summed E-state index contributed by atoms with van der Waals surface area (Å²) in [7, 11) is 1.70. The summed E-state index contributed by atoms with van der Waals surface area (Å²) in [5.74, 6) is 1.49. The molecule has 1 unspecified atom stereocenters. The van der Waals surface area contributed by atoms with E-state index in [-0.39, 0.29) is 5.54 Å². The van der Waals surface area contributed by atoms with Crippen LogP contribution in [0.1, 0.15) is 25.8 Å². The van der Waals surface area contributed by atoms with Crippen LogP contribution in [0.3, 0.4) is 0 Å². The largest absolute Gasteiger partial charge is 0.494 e. The van der Waals surface area contributed by atoms with Crippen molar-refractivity contribution in [1.29, 1.82) is 0 Å². The molecule has 0 bridgehead atoms. The molecule has 1 atom stereocenters. The third kappa shape index (κ3) is 3.29. The van der Waals surface area contributed by atoms with Crippen LogP contribution in [0.15, 0.2) is 29.3 Å². The Morgan fingerprint density at radius 3 is 2.62 bits per heavy atom. The van der Waals surface area contributed by atoms with Crippen LogP contribution >= 0.6 is 0 Å². The summed E-state index contributed by atoms with van der Waals surface area (Å²) in [5.41, 5.74) is 6.99. The first-order valence-corrected chi connectivity index (χ1v) is 7.41. The van der Waals surface area contributed by atoms with E-state index < -0.39 is 0 Å². The van der Waals surface area contributed by atoms with E-state index in [2.05, 4.69) is 35.9 Å². The van der Waals surface area contributed by atoms with Crippen LogP contribution in [0.25, 0.3) is 0 Å². The Labute approximate surface area is 126 Å². The Morgan fingerprint density at radius 2 is 2.00 bits per heavy atom. The van der Waals surface area contributed by atoms with E-state index in [1.54, 1.807) is 7.11 Å². The SMILES string of the molecule is CCCOc1ccc(C2(C)CN=C(N)N2CCOC)cc1. The number of ether oxygens (including phenoxy) is 2. The van der Waals surface area contributed by atoms with Crippen molar-refractivity contribution in [3.63, 3.8) is 0 Å². The number of guanidine groups is 1. The second kappa shape index (κ2) is 6.80. The molecule has 5 heteroatoms. The number of hydrogen-bond donors (Lipinski definition) is 1. The van der Waals surface area contributed by atoms with E-state index in [1.807, 2.05) is 12.1 Å². The van der Waals surface area contributed by atoms with Gasteiger partial charge in [-0.05, 0) is 31.0 Å². The van der Waals surface area contributed by atoms with Gasteiger partial charge in [0.25, 0.3) is 0 Å². The van der Waals surface area contributed by atoms with Gasteiger partial charge in [0.15, 0.2) is 5.96 Å². The fourth-order valence-corrected chi connectivity index (χ4v) is 2.58. The minimum Gasteiger partial charge on any atom is -0.494 e. The summed E-state index contributed by atoms with van der Waals surface area (Å²) in [5, 5.41) is 0. The van der Waals surface area contributed by atoms with E-state index >= 15 is 0 Å². The van der Waals surface area contributed by atoms with Gasteiger partial charge in [0.1, 0.15) is 5.75 Å². The average molecular weight is 291 g/mol. The highest BCUT2D eigenvalue weighted by molar-refractivity contribution is 5.81. The Kier molecular flexibility index (Phi) is 5.07. The van der Waals surface area contributed by atoms with Crippen LogP contribution in [-0.2, 0) is 10.3 Å². The molecule has 0 spiro atoms. The van der Waals surface area contributed by atoms with Crippen molar-refractivity contribution in [2.75, 3.05) is 33.4 Å². The fraction of sp³-hybridized carbons (Fsp3) is 0.562. The lowest BCUT2D eigenvalue weighted by Crippen LogP contribution is -2.48. The monoisotopic (exact) mass is 291 g/mol. The third-order valence-corrected chi connectivity index (χ3v) is 3.89. The molecule has 0 aromatic heterocycles.